The van der Waals surface area contributed by atoms with Crippen LogP contribution in [0.1, 0.15) is 0 Å². The molecule has 0 bridgehead atoms. The maximum Gasteiger partial charge on any atom is 0.0468 e. The van der Waals surface area contributed by atoms with Crippen molar-refractivity contribution in [2.75, 3.05) is 4.90 Å². The van der Waals surface area contributed by atoms with Crippen molar-refractivity contribution in [2.24, 2.45) is 0 Å². The molecule has 8 aromatic carbocycles. The molecule has 9 rings (SSSR count). The Bertz CT molecular complexity index is 2490. The summed E-state index contributed by atoms with van der Waals surface area (Å²) in [6.07, 6.45) is 0. The van der Waals surface area contributed by atoms with Crippen molar-refractivity contribution in [3.8, 4) is 11.1 Å². The summed E-state index contributed by atoms with van der Waals surface area (Å²) in [6, 6.07) is 59.7. The molecule has 9 aromatic rings. The second-order valence-corrected chi connectivity index (χ2v) is 12.4. The van der Waals surface area contributed by atoms with Gasteiger partial charge in [0.05, 0.1) is 0 Å². The van der Waals surface area contributed by atoms with Crippen LogP contribution in [0.5, 0.6) is 0 Å². The van der Waals surface area contributed by atoms with E-state index in [9.17, 15) is 0 Å². The second-order valence-electron chi connectivity index (χ2n) is 11.4. The van der Waals surface area contributed by atoms with Crippen LogP contribution in [0.3, 0.4) is 0 Å². The van der Waals surface area contributed by atoms with E-state index in [0.29, 0.717) is 0 Å². The Hall–Kier alpha value is -5.44. The highest BCUT2D eigenvalue weighted by Gasteiger charge is 2.16. The van der Waals surface area contributed by atoms with Crippen molar-refractivity contribution < 1.29 is 0 Å². The Kier molecular flexibility index (Phi) is 5.75. The van der Waals surface area contributed by atoms with Crippen LogP contribution in [-0.2, 0) is 0 Å². The van der Waals surface area contributed by atoms with Gasteiger partial charge in [-0.25, -0.2) is 0 Å². The van der Waals surface area contributed by atoms with Gasteiger partial charge in [-0.05, 0) is 98.0 Å². The third kappa shape index (κ3) is 4.00. The van der Waals surface area contributed by atoms with Gasteiger partial charge in [0.1, 0.15) is 0 Å². The standard InChI is InChI=1S/C42H27NS/c1-2-11-31(12-3-1)43(33-24-20-29-21-25-41-42(39(29)27-33)37-16-8-9-17-40(37)44-41)32-22-18-28(19-23-32)38-26-30-10-4-5-13-34(30)35-14-6-7-15-36(35)38/h1-27H. The minimum absolute atomic E-state index is 1.13. The van der Waals surface area contributed by atoms with E-state index in [2.05, 4.69) is 169 Å². The first-order chi connectivity index (χ1) is 21.8. The molecule has 0 saturated carbocycles. The van der Waals surface area contributed by atoms with Crippen molar-refractivity contribution >= 4 is 80.9 Å². The van der Waals surface area contributed by atoms with Crippen LogP contribution in [0.2, 0.25) is 0 Å². The van der Waals surface area contributed by atoms with Gasteiger partial charge in [0.15, 0.2) is 0 Å². The van der Waals surface area contributed by atoms with Crippen molar-refractivity contribution in [1.29, 1.82) is 0 Å². The van der Waals surface area contributed by atoms with Crippen LogP contribution in [0.15, 0.2) is 164 Å². The van der Waals surface area contributed by atoms with Gasteiger partial charge in [-0.2, -0.15) is 0 Å². The molecule has 0 fully saturated rings. The summed E-state index contributed by atoms with van der Waals surface area (Å²) in [5, 5.41) is 10.3. The zero-order chi connectivity index (χ0) is 29.0. The first-order valence-electron chi connectivity index (χ1n) is 15.0. The Morgan fingerprint density at radius 1 is 0.364 bits per heavy atom. The van der Waals surface area contributed by atoms with Crippen LogP contribution < -0.4 is 4.90 Å². The van der Waals surface area contributed by atoms with Crippen molar-refractivity contribution in [2.45, 2.75) is 0 Å². The number of nitrogens with zero attached hydrogens (tertiary/aromatic N) is 1. The predicted octanol–water partition coefficient (Wildman–Crippen LogP) is 12.7. The van der Waals surface area contributed by atoms with Crippen molar-refractivity contribution in [1.82, 2.24) is 0 Å². The fraction of sp³-hybridized carbons (Fsp3) is 0. The van der Waals surface area contributed by atoms with Crippen LogP contribution in [-0.4, -0.2) is 0 Å². The molecular weight excluding hydrogens is 551 g/mol. The van der Waals surface area contributed by atoms with E-state index in [-0.39, 0.29) is 0 Å². The highest BCUT2D eigenvalue weighted by molar-refractivity contribution is 7.26. The Morgan fingerprint density at radius 3 is 1.84 bits per heavy atom. The van der Waals surface area contributed by atoms with Gasteiger partial charge in [-0.3, -0.25) is 0 Å². The SMILES string of the molecule is c1ccc(N(c2ccc(-c3cc4ccccc4c4ccccc34)cc2)c2ccc3ccc4sc5ccccc5c4c3c2)cc1. The number of fused-ring (bicyclic) bond motifs is 8. The average Bonchev–Trinajstić information content (AvgIpc) is 3.48. The minimum Gasteiger partial charge on any atom is -0.310 e. The van der Waals surface area contributed by atoms with E-state index in [0.717, 1.165) is 17.1 Å². The number of benzene rings is 8. The van der Waals surface area contributed by atoms with Crippen LogP contribution >= 0.6 is 11.3 Å². The summed E-state index contributed by atoms with van der Waals surface area (Å²) in [7, 11) is 0. The quantitative estimate of drug-likeness (QED) is 0.188. The van der Waals surface area contributed by atoms with E-state index < -0.39 is 0 Å². The van der Waals surface area contributed by atoms with Gasteiger partial charge in [0, 0.05) is 37.2 Å². The third-order valence-electron chi connectivity index (χ3n) is 8.82. The molecule has 0 unspecified atom stereocenters. The number of hydrogen-bond donors (Lipinski definition) is 0. The molecule has 0 N–H and O–H groups in total. The molecule has 0 spiro atoms. The monoisotopic (exact) mass is 577 g/mol. The Balaban J connectivity index is 1.21. The largest absolute Gasteiger partial charge is 0.310 e. The van der Waals surface area contributed by atoms with E-state index in [1.807, 2.05) is 11.3 Å². The number of rotatable bonds is 4. The van der Waals surface area contributed by atoms with Gasteiger partial charge in [0.25, 0.3) is 0 Å². The molecule has 0 aliphatic rings. The lowest BCUT2D eigenvalue weighted by Gasteiger charge is -2.26. The van der Waals surface area contributed by atoms with Crippen LogP contribution in [0, 0.1) is 0 Å². The number of para-hydroxylation sites is 1. The van der Waals surface area contributed by atoms with Crippen molar-refractivity contribution in [3.63, 3.8) is 0 Å². The molecule has 206 valence electrons. The summed E-state index contributed by atoms with van der Waals surface area (Å²) < 4.78 is 2.66. The molecule has 0 amide bonds. The van der Waals surface area contributed by atoms with Gasteiger partial charge in [0.2, 0.25) is 0 Å². The molecule has 0 saturated heterocycles. The lowest BCUT2D eigenvalue weighted by Crippen LogP contribution is -2.09. The molecule has 0 aliphatic heterocycles. The Morgan fingerprint density at radius 2 is 1.00 bits per heavy atom. The number of hydrogen-bond acceptors (Lipinski definition) is 2. The molecule has 1 nitrogen and oxygen atoms in total. The Labute approximate surface area is 259 Å². The van der Waals surface area contributed by atoms with Gasteiger partial charge < -0.3 is 4.90 Å². The average molecular weight is 578 g/mol. The first-order valence-corrected chi connectivity index (χ1v) is 15.8. The van der Waals surface area contributed by atoms with E-state index in [1.54, 1.807) is 0 Å². The second kappa shape index (κ2) is 10.1. The predicted molar refractivity (Wildman–Crippen MR) is 192 cm³/mol. The van der Waals surface area contributed by atoms with E-state index >= 15 is 0 Å². The highest BCUT2D eigenvalue weighted by Crippen LogP contribution is 2.43. The van der Waals surface area contributed by atoms with Gasteiger partial charge in [-0.15, -0.1) is 11.3 Å². The third-order valence-corrected chi connectivity index (χ3v) is 9.96. The zero-order valence-electron chi connectivity index (χ0n) is 23.9. The zero-order valence-corrected chi connectivity index (χ0v) is 24.8. The molecule has 1 aromatic heterocycles. The summed E-state index contributed by atoms with van der Waals surface area (Å²) in [4.78, 5) is 2.37. The van der Waals surface area contributed by atoms with Gasteiger partial charge >= 0.3 is 0 Å². The first kappa shape index (κ1) is 25.1. The maximum atomic E-state index is 2.37. The van der Waals surface area contributed by atoms with Crippen LogP contribution in [0.25, 0.3) is 63.6 Å². The lowest BCUT2D eigenvalue weighted by atomic mass is 9.93. The van der Waals surface area contributed by atoms with Crippen LogP contribution in [0.4, 0.5) is 17.1 Å². The summed E-state index contributed by atoms with van der Waals surface area (Å²) in [5.74, 6) is 0. The number of thiophene rings is 1. The maximum absolute atomic E-state index is 2.37. The highest BCUT2D eigenvalue weighted by atomic mass is 32.1. The number of anilines is 3. The molecule has 2 heteroatoms. The molecule has 0 atom stereocenters. The topological polar surface area (TPSA) is 3.24 Å². The smallest absolute Gasteiger partial charge is 0.0468 e. The molecular formula is C42H27NS. The molecule has 0 aliphatic carbocycles. The normalized spacial score (nSPS) is 11.6. The lowest BCUT2D eigenvalue weighted by molar-refractivity contribution is 1.29. The summed E-state index contributed by atoms with van der Waals surface area (Å²) >= 11 is 1.87. The van der Waals surface area contributed by atoms with Gasteiger partial charge in [-0.1, -0.05) is 109 Å². The summed E-state index contributed by atoms with van der Waals surface area (Å²) in [6.45, 7) is 0. The molecule has 44 heavy (non-hydrogen) atoms. The van der Waals surface area contributed by atoms with E-state index in [4.69, 9.17) is 0 Å². The van der Waals surface area contributed by atoms with E-state index in [1.165, 1.54) is 63.6 Å². The minimum atomic E-state index is 1.13. The molecule has 0 radical (unpaired) electrons. The molecule has 1 heterocycles. The summed E-state index contributed by atoms with van der Waals surface area (Å²) in [5.41, 5.74) is 5.89. The fourth-order valence-corrected chi connectivity index (χ4v) is 7.90. The van der Waals surface area contributed by atoms with Crippen molar-refractivity contribution in [3.05, 3.63) is 164 Å². The fourth-order valence-electron chi connectivity index (χ4n) is 6.78.